The van der Waals surface area contributed by atoms with E-state index in [-0.39, 0.29) is 18.6 Å². The third kappa shape index (κ3) is 3.70. The molecule has 0 spiro atoms. The first-order valence-corrected chi connectivity index (χ1v) is 10.5. The summed E-state index contributed by atoms with van der Waals surface area (Å²) in [6.45, 7) is 3.50. The molecule has 2 aliphatic heterocycles. The van der Waals surface area contributed by atoms with E-state index < -0.39 is 0 Å². The van der Waals surface area contributed by atoms with E-state index in [1.165, 1.54) is 6.20 Å². The van der Waals surface area contributed by atoms with Crippen molar-refractivity contribution < 1.29 is 19.1 Å². The summed E-state index contributed by atoms with van der Waals surface area (Å²) in [4.78, 5) is 31.5. The van der Waals surface area contributed by atoms with Crippen LogP contribution in [0, 0.1) is 6.92 Å². The highest BCUT2D eigenvalue weighted by Crippen LogP contribution is 2.32. The van der Waals surface area contributed by atoms with Gasteiger partial charge in [-0.05, 0) is 48.2 Å². The molecular weight excluding hydrogens is 418 g/mol. The van der Waals surface area contributed by atoms with Gasteiger partial charge in [0.05, 0.1) is 17.9 Å². The zero-order valence-electron chi connectivity index (χ0n) is 16.8. The summed E-state index contributed by atoms with van der Waals surface area (Å²) in [6.07, 6.45) is 4.00. The van der Waals surface area contributed by atoms with Crippen LogP contribution in [0.15, 0.2) is 30.6 Å². The number of rotatable bonds is 4. The fourth-order valence-electron chi connectivity index (χ4n) is 3.86. The smallest absolute Gasteiger partial charge is 0.275 e. The van der Waals surface area contributed by atoms with Crippen molar-refractivity contribution in [2.45, 2.75) is 26.4 Å². The van der Waals surface area contributed by atoms with Crippen molar-refractivity contribution in [3.05, 3.63) is 64.2 Å². The van der Waals surface area contributed by atoms with Crippen LogP contribution in [-0.2, 0) is 19.5 Å². The lowest BCUT2D eigenvalue weighted by Gasteiger charge is -2.30. The van der Waals surface area contributed by atoms with Crippen molar-refractivity contribution in [2.24, 2.45) is 0 Å². The first-order valence-electron chi connectivity index (χ1n) is 9.81. The largest absolute Gasteiger partial charge is 0.454 e. The van der Waals surface area contributed by atoms with Gasteiger partial charge in [-0.2, -0.15) is 8.75 Å². The molecule has 0 unspecified atom stereocenters. The summed E-state index contributed by atoms with van der Waals surface area (Å²) in [7, 11) is 0. The third-order valence-corrected chi connectivity index (χ3v) is 6.00. The van der Waals surface area contributed by atoms with Gasteiger partial charge in [0.1, 0.15) is 0 Å². The van der Waals surface area contributed by atoms with Crippen LogP contribution in [0.1, 0.15) is 43.2 Å². The van der Waals surface area contributed by atoms with Crippen LogP contribution in [0.25, 0.3) is 0 Å². The van der Waals surface area contributed by atoms with Crippen LogP contribution in [0.2, 0.25) is 0 Å². The monoisotopic (exact) mass is 437 g/mol. The first-order chi connectivity index (χ1) is 15.1. The van der Waals surface area contributed by atoms with Crippen LogP contribution in [0.4, 0.5) is 0 Å². The lowest BCUT2D eigenvalue weighted by Crippen LogP contribution is -2.37. The van der Waals surface area contributed by atoms with Crippen LogP contribution in [0.3, 0.4) is 0 Å². The van der Waals surface area contributed by atoms with Crippen molar-refractivity contribution in [3.8, 4) is 11.5 Å². The maximum Gasteiger partial charge on any atom is 0.275 e. The highest BCUT2D eigenvalue weighted by atomic mass is 32.1. The molecule has 4 heterocycles. The number of benzene rings is 1. The Kier molecular flexibility index (Phi) is 4.99. The number of nitrogens with one attached hydrogen (secondary N) is 1. The number of ether oxygens (including phenoxy) is 2. The summed E-state index contributed by atoms with van der Waals surface area (Å²) >= 11 is 1.02. The minimum atomic E-state index is -0.195. The fourth-order valence-corrected chi connectivity index (χ4v) is 4.27. The maximum atomic E-state index is 12.7. The number of aryl methyl sites for hydroxylation is 1. The lowest BCUT2D eigenvalue weighted by atomic mass is 9.94. The Morgan fingerprint density at radius 1 is 1.23 bits per heavy atom. The zero-order valence-corrected chi connectivity index (χ0v) is 17.6. The summed E-state index contributed by atoms with van der Waals surface area (Å²) in [6, 6.07) is 5.13. The van der Waals surface area contributed by atoms with Crippen molar-refractivity contribution >= 4 is 23.5 Å². The number of amides is 2. The van der Waals surface area contributed by atoms with Gasteiger partial charge in [0.15, 0.2) is 17.2 Å². The number of nitrogens with zero attached hydrogens (tertiary/aromatic N) is 4. The van der Waals surface area contributed by atoms with Gasteiger partial charge in [0.2, 0.25) is 6.79 Å². The number of hydrogen-bond acceptors (Lipinski definition) is 8. The van der Waals surface area contributed by atoms with E-state index in [0.29, 0.717) is 48.8 Å². The number of aromatic nitrogens is 3. The SMILES string of the molecule is Cc1ncc2c(c1CNC(=O)c1ccc3c(c1)OCO3)CCN(C(=O)c1cnsn1)C2. The van der Waals surface area contributed by atoms with Gasteiger partial charge in [0, 0.05) is 37.1 Å². The second-order valence-corrected chi connectivity index (χ2v) is 7.90. The topological polar surface area (TPSA) is 107 Å². The van der Waals surface area contributed by atoms with Crippen LogP contribution in [0.5, 0.6) is 11.5 Å². The molecule has 2 amide bonds. The molecule has 2 aromatic heterocycles. The standard InChI is InChI=1S/C21H19N5O4S/c1-12-16(8-23-20(27)13-2-3-18-19(6-13)30-11-29-18)15-4-5-26(10-14(15)7-22-12)21(28)17-9-24-31-25-17/h2-3,6-7,9H,4-5,8,10-11H2,1H3,(H,23,27). The predicted molar refractivity (Wildman–Crippen MR) is 111 cm³/mol. The maximum absolute atomic E-state index is 12.7. The van der Waals surface area contributed by atoms with Crippen molar-refractivity contribution in [2.75, 3.05) is 13.3 Å². The van der Waals surface area contributed by atoms with E-state index in [1.807, 2.05) is 13.1 Å². The molecule has 5 rings (SSSR count). The highest BCUT2D eigenvalue weighted by molar-refractivity contribution is 6.99. The second kappa shape index (κ2) is 7.95. The molecule has 158 valence electrons. The van der Waals surface area contributed by atoms with Crippen LogP contribution < -0.4 is 14.8 Å². The van der Waals surface area contributed by atoms with Gasteiger partial charge in [-0.3, -0.25) is 14.6 Å². The second-order valence-electron chi connectivity index (χ2n) is 7.35. The summed E-state index contributed by atoms with van der Waals surface area (Å²) in [5.41, 5.74) is 4.86. The fraction of sp³-hybridized carbons (Fsp3) is 0.286. The Morgan fingerprint density at radius 3 is 2.94 bits per heavy atom. The molecule has 0 radical (unpaired) electrons. The Hall–Kier alpha value is -3.53. The third-order valence-electron chi connectivity index (χ3n) is 5.52. The average molecular weight is 437 g/mol. The van der Waals surface area contributed by atoms with Crippen LogP contribution >= 0.6 is 11.7 Å². The Labute approximate surface area is 182 Å². The van der Waals surface area contributed by atoms with E-state index in [0.717, 1.165) is 34.1 Å². The van der Waals surface area contributed by atoms with E-state index in [9.17, 15) is 9.59 Å². The molecule has 0 aliphatic carbocycles. The molecule has 31 heavy (non-hydrogen) atoms. The number of fused-ring (bicyclic) bond motifs is 2. The number of pyridine rings is 1. The van der Waals surface area contributed by atoms with Crippen molar-refractivity contribution in [3.63, 3.8) is 0 Å². The van der Waals surface area contributed by atoms with E-state index in [2.05, 4.69) is 19.0 Å². The summed E-state index contributed by atoms with van der Waals surface area (Å²) in [5, 5.41) is 2.98. The quantitative estimate of drug-likeness (QED) is 0.666. The molecule has 0 bridgehead atoms. The molecule has 1 N–H and O–H groups in total. The summed E-state index contributed by atoms with van der Waals surface area (Å²) < 4.78 is 18.6. The first kappa shape index (κ1) is 19.4. The highest BCUT2D eigenvalue weighted by Gasteiger charge is 2.26. The van der Waals surface area contributed by atoms with E-state index >= 15 is 0 Å². The van der Waals surface area contributed by atoms with Crippen LogP contribution in [-0.4, -0.2) is 43.8 Å². The van der Waals surface area contributed by atoms with Gasteiger partial charge in [-0.25, -0.2) is 0 Å². The van der Waals surface area contributed by atoms with E-state index in [1.54, 1.807) is 23.1 Å². The molecule has 9 nitrogen and oxygen atoms in total. The molecule has 0 saturated carbocycles. The van der Waals surface area contributed by atoms with E-state index in [4.69, 9.17) is 9.47 Å². The molecule has 3 aromatic rings. The lowest BCUT2D eigenvalue weighted by molar-refractivity contribution is 0.0729. The van der Waals surface area contributed by atoms with Gasteiger partial charge >= 0.3 is 0 Å². The Balaban J connectivity index is 1.31. The minimum absolute atomic E-state index is 0.127. The molecule has 0 saturated heterocycles. The van der Waals surface area contributed by atoms with Gasteiger partial charge in [-0.15, -0.1) is 0 Å². The van der Waals surface area contributed by atoms with Gasteiger partial charge in [-0.1, -0.05) is 0 Å². The number of hydrogen-bond donors (Lipinski definition) is 1. The number of carbonyl (C=O) groups is 2. The van der Waals surface area contributed by atoms with Crippen molar-refractivity contribution in [1.82, 2.24) is 23.9 Å². The summed E-state index contributed by atoms with van der Waals surface area (Å²) in [5.74, 6) is 0.889. The molecule has 10 heteroatoms. The molecule has 0 atom stereocenters. The molecule has 2 aliphatic rings. The Morgan fingerprint density at radius 2 is 2.10 bits per heavy atom. The molecule has 1 aromatic carbocycles. The zero-order chi connectivity index (χ0) is 21.4. The van der Waals surface area contributed by atoms with Gasteiger partial charge < -0.3 is 19.7 Å². The Bertz CT molecular complexity index is 1160. The average Bonchev–Trinajstić information content (AvgIpc) is 3.49. The normalized spacial score (nSPS) is 14.3. The molecular formula is C21H19N5O4S. The number of carbonyl (C=O) groups excluding carboxylic acids is 2. The molecule has 0 fully saturated rings. The van der Waals surface area contributed by atoms with Gasteiger partial charge in [0.25, 0.3) is 11.8 Å². The van der Waals surface area contributed by atoms with Crippen molar-refractivity contribution in [1.29, 1.82) is 0 Å². The minimum Gasteiger partial charge on any atom is -0.454 e. The predicted octanol–water partition coefficient (Wildman–Crippen LogP) is 2.10.